The van der Waals surface area contributed by atoms with Gasteiger partial charge in [-0.15, -0.1) is 5.10 Å². The maximum Gasteiger partial charge on any atom is 0.318 e. The minimum atomic E-state index is 0.733. The molecule has 0 atom stereocenters. The quantitative estimate of drug-likeness (QED) is 0.806. The van der Waals surface area contributed by atoms with Crippen molar-refractivity contribution < 1.29 is 4.42 Å². The number of likely N-dealkylation sites (tertiary alicyclic amines) is 1. The first kappa shape index (κ1) is 14.8. The Bertz CT molecular complexity index is 420. The van der Waals surface area contributed by atoms with E-state index in [1.165, 1.54) is 51.7 Å². The molecule has 2 saturated heterocycles. The van der Waals surface area contributed by atoms with Crippen LogP contribution in [0.1, 0.15) is 51.3 Å². The summed E-state index contributed by atoms with van der Waals surface area (Å²) in [7, 11) is 0. The molecule has 2 fully saturated rings. The summed E-state index contributed by atoms with van der Waals surface area (Å²) in [5.41, 5.74) is 0. The monoisotopic (exact) mass is 292 g/mol. The number of hydrogen-bond acceptors (Lipinski definition) is 5. The van der Waals surface area contributed by atoms with E-state index in [1.807, 2.05) is 0 Å². The Labute approximate surface area is 127 Å². The highest BCUT2D eigenvalue weighted by molar-refractivity contribution is 5.24. The van der Waals surface area contributed by atoms with Crippen LogP contribution in [-0.4, -0.2) is 47.8 Å². The van der Waals surface area contributed by atoms with Crippen molar-refractivity contribution in [1.82, 2.24) is 15.1 Å². The van der Waals surface area contributed by atoms with Crippen molar-refractivity contribution in [2.75, 3.05) is 37.6 Å². The fourth-order valence-electron chi connectivity index (χ4n) is 3.47. The van der Waals surface area contributed by atoms with Crippen LogP contribution < -0.4 is 4.90 Å². The number of aryl methyl sites for hydroxylation is 1. The molecular formula is C16H28N4O. The van der Waals surface area contributed by atoms with Crippen LogP contribution in [-0.2, 0) is 6.42 Å². The second kappa shape index (κ2) is 7.25. The van der Waals surface area contributed by atoms with E-state index in [9.17, 15) is 0 Å². The number of nitrogens with zero attached hydrogens (tertiary/aromatic N) is 4. The zero-order valence-corrected chi connectivity index (χ0v) is 13.3. The number of hydrogen-bond donors (Lipinski definition) is 0. The summed E-state index contributed by atoms with van der Waals surface area (Å²) >= 11 is 0. The molecule has 0 unspecified atom stereocenters. The predicted octanol–water partition coefficient (Wildman–Crippen LogP) is 2.72. The number of aromatic nitrogens is 2. The average molecular weight is 292 g/mol. The summed E-state index contributed by atoms with van der Waals surface area (Å²) in [5, 5.41) is 8.32. The second-order valence-electron chi connectivity index (χ2n) is 6.50. The Morgan fingerprint density at radius 1 is 1.10 bits per heavy atom. The number of anilines is 1. The molecule has 5 heteroatoms. The molecule has 0 saturated carbocycles. The van der Waals surface area contributed by atoms with Crippen molar-refractivity contribution in [2.24, 2.45) is 5.92 Å². The van der Waals surface area contributed by atoms with Gasteiger partial charge in [-0.1, -0.05) is 12.0 Å². The van der Waals surface area contributed by atoms with E-state index in [4.69, 9.17) is 4.42 Å². The third kappa shape index (κ3) is 3.96. The molecule has 0 bridgehead atoms. The highest BCUT2D eigenvalue weighted by atomic mass is 16.4. The summed E-state index contributed by atoms with van der Waals surface area (Å²) in [6.45, 7) is 8.21. The largest absolute Gasteiger partial charge is 0.408 e. The fourth-order valence-corrected chi connectivity index (χ4v) is 3.47. The van der Waals surface area contributed by atoms with Crippen LogP contribution in [0.4, 0.5) is 6.01 Å². The van der Waals surface area contributed by atoms with Gasteiger partial charge in [-0.2, -0.15) is 0 Å². The van der Waals surface area contributed by atoms with Gasteiger partial charge in [-0.3, -0.25) is 0 Å². The molecular weight excluding hydrogens is 264 g/mol. The average Bonchev–Trinajstić information content (AvgIpc) is 3.17. The van der Waals surface area contributed by atoms with Gasteiger partial charge in [0.1, 0.15) is 0 Å². The van der Waals surface area contributed by atoms with Crippen LogP contribution in [0.5, 0.6) is 0 Å². The van der Waals surface area contributed by atoms with Gasteiger partial charge in [0.2, 0.25) is 5.89 Å². The molecule has 2 aliphatic rings. The Morgan fingerprint density at radius 2 is 1.86 bits per heavy atom. The molecule has 2 aliphatic heterocycles. The van der Waals surface area contributed by atoms with Crippen molar-refractivity contribution in [3.8, 4) is 0 Å². The molecule has 1 aromatic heterocycles. The molecule has 3 heterocycles. The lowest BCUT2D eigenvalue weighted by Crippen LogP contribution is -2.35. The fraction of sp³-hybridized carbons (Fsp3) is 0.875. The van der Waals surface area contributed by atoms with E-state index in [0.717, 1.165) is 43.8 Å². The van der Waals surface area contributed by atoms with E-state index in [2.05, 4.69) is 26.9 Å². The van der Waals surface area contributed by atoms with Crippen molar-refractivity contribution in [2.45, 2.75) is 51.9 Å². The standard InChI is InChI=1S/C16H28N4O/c1-2-5-15-17-18-16(21-15)20-12-7-14(8-13-20)6-11-19-9-3-4-10-19/h14H,2-13H2,1H3. The lowest BCUT2D eigenvalue weighted by molar-refractivity contribution is 0.277. The molecule has 0 aromatic carbocycles. The molecule has 1 aromatic rings. The minimum absolute atomic E-state index is 0.733. The lowest BCUT2D eigenvalue weighted by atomic mass is 9.93. The predicted molar refractivity (Wildman–Crippen MR) is 83.5 cm³/mol. The van der Waals surface area contributed by atoms with Crippen molar-refractivity contribution in [1.29, 1.82) is 0 Å². The summed E-state index contributed by atoms with van der Waals surface area (Å²) < 4.78 is 5.74. The Kier molecular flexibility index (Phi) is 5.12. The first-order chi connectivity index (χ1) is 10.3. The molecule has 0 spiro atoms. The van der Waals surface area contributed by atoms with Crippen LogP contribution in [0.3, 0.4) is 0 Å². The van der Waals surface area contributed by atoms with Gasteiger partial charge in [0.15, 0.2) is 0 Å². The van der Waals surface area contributed by atoms with Gasteiger partial charge in [0, 0.05) is 19.5 Å². The van der Waals surface area contributed by atoms with Crippen LogP contribution in [0.2, 0.25) is 0 Å². The zero-order valence-electron chi connectivity index (χ0n) is 13.3. The summed E-state index contributed by atoms with van der Waals surface area (Å²) in [6, 6.07) is 0.733. The van der Waals surface area contributed by atoms with E-state index < -0.39 is 0 Å². The molecule has 0 amide bonds. The second-order valence-corrected chi connectivity index (χ2v) is 6.50. The maximum atomic E-state index is 5.74. The molecule has 3 rings (SSSR count). The van der Waals surface area contributed by atoms with Crippen molar-refractivity contribution >= 4 is 6.01 Å². The SMILES string of the molecule is CCCc1nnc(N2CCC(CCN3CCCC3)CC2)o1. The molecule has 0 aliphatic carbocycles. The minimum Gasteiger partial charge on any atom is -0.408 e. The normalized spacial score (nSPS) is 21.3. The molecule has 118 valence electrons. The summed E-state index contributed by atoms with van der Waals surface area (Å²) in [6.07, 6.45) is 8.63. The number of piperidine rings is 1. The van der Waals surface area contributed by atoms with Gasteiger partial charge in [-0.05, 0) is 64.1 Å². The van der Waals surface area contributed by atoms with E-state index in [1.54, 1.807) is 0 Å². The molecule has 0 radical (unpaired) electrons. The third-order valence-corrected chi connectivity index (χ3v) is 4.86. The third-order valence-electron chi connectivity index (χ3n) is 4.86. The summed E-state index contributed by atoms with van der Waals surface area (Å²) in [5.74, 6) is 1.66. The van der Waals surface area contributed by atoms with Gasteiger partial charge in [0.25, 0.3) is 0 Å². The highest BCUT2D eigenvalue weighted by Crippen LogP contribution is 2.25. The summed E-state index contributed by atoms with van der Waals surface area (Å²) in [4.78, 5) is 4.89. The van der Waals surface area contributed by atoms with Gasteiger partial charge in [-0.25, -0.2) is 0 Å². The molecule has 21 heavy (non-hydrogen) atoms. The van der Waals surface area contributed by atoms with Crippen LogP contribution in [0.15, 0.2) is 4.42 Å². The van der Waals surface area contributed by atoms with Crippen molar-refractivity contribution in [3.05, 3.63) is 5.89 Å². The van der Waals surface area contributed by atoms with E-state index >= 15 is 0 Å². The Hall–Kier alpha value is -1.10. The Balaban J connectivity index is 1.41. The smallest absolute Gasteiger partial charge is 0.318 e. The lowest BCUT2D eigenvalue weighted by Gasteiger charge is -2.31. The first-order valence-corrected chi connectivity index (χ1v) is 8.65. The van der Waals surface area contributed by atoms with Gasteiger partial charge >= 0.3 is 6.01 Å². The van der Waals surface area contributed by atoms with Crippen LogP contribution >= 0.6 is 0 Å². The van der Waals surface area contributed by atoms with Crippen molar-refractivity contribution in [3.63, 3.8) is 0 Å². The zero-order chi connectivity index (χ0) is 14.5. The molecule has 0 N–H and O–H groups in total. The van der Waals surface area contributed by atoms with E-state index in [-0.39, 0.29) is 0 Å². The van der Waals surface area contributed by atoms with Gasteiger partial charge < -0.3 is 14.2 Å². The first-order valence-electron chi connectivity index (χ1n) is 8.65. The van der Waals surface area contributed by atoms with Crippen LogP contribution in [0.25, 0.3) is 0 Å². The Morgan fingerprint density at radius 3 is 2.57 bits per heavy atom. The van der Waals surface area contributed by atoms with E-state index in [0.29, 0.717) is 0 Å². The molecule has 5 nitrogen and oxygen atoms in total. The van der Waals surface area contributed by atoms with Gasteiger partial charge in [0.05, 0.1) is 0 Å². The number of rotatable bonds is 6. The highest BCUT2D eigenvalue weighted by Gasteiger charge is 2.23. The topological polar surface area (TPSA) is 45.4 Å². The van der Waals surface area contributed by atoms with Crippen LogP contribution in [0, 0.1) is 5.92 Å². The maximum absolute atomic E-state index is 5.74.